The number of aliphatic hydroxyl groups excluding tert-OH is 1. The Balaban J connectivity index is 1.36. The Hall–Kier alpha value is -3.07. The molecule has 0 saturated carbocycles. The van der Waals surface area contributed by atoms with E-state index in [2.05, 4.69) is 17.0 Å². The number of esters is 1. The van der Waals surface area contributed by atoms with Gasteiger partial charge in [-0.3, -0.25) is 24.3 Å². The predicted molar refractivity (Wildman–Crippen MR) is 119 cm³/mol. The minimum atomic E-state index is -0.795. The van der Waals surface area contributed by atoms with Crippen LogP contribution in [0.4, 0.5) is 0 Å². The molecule has 2 atom stereocenters. The smallest absolute Gasteiger partial charge is 0.337 e. The van der Waals surface area contributed by atoms with Crippen LogP contribution in [0.25, 0.3) is 0 Å². The number of hydrogen-bond donors (Lipinski definition) is 1. The molecule has 0 bridgehead atoms. The van der Waals surface area contributed by atoms with Crippen molar-refractivity contribution in [3.05, 3.63) is 71.3 Å². The molecule has 0 aromatic heterocycles. The van der Waals surface area contributed by atoms with E-state index in [9.17, 15) is 19.5 Å². The molecule has 2 aromatic rings. The Labute approximate surface area is 192 Å². The molecule has 2 aromatic carbocycles. The summed E-state index contributed by atoms with van der Waals surface area (Å²) in [5, 5.41) is 10.3. The molecule has 8 heteroatoms. The average molecular weight is 450 g/mol. The van der Waals surface area contributed by atoms with Crippen molar-refractivity contribution in [3.63, 3.8) is 0 Å². The maximum absolute atomic E-state index is 13.7. The first-order valence-electron chi connectivity index (χ1n) is 11.2. The largest absolute Gasteiger partial charge is 0.465 e. The third kappa shape index (κ3) is 3.74. The van der Waals surface area contributed by atoms with Crippen LogP contribution >= 0.6 is 0 Å². The molecule has 1 N–H and O–H groups in total. The predicted octanol–water partition coefficient (Wildman–Crippen LogP) is 1.03. The van der Waals surface area contributed by atoms with Crippen LogP contribution in [0.1, 0.15) is 27.9 Å². The molecule has 172 valence electrons. The lowest BCUT2D eigenvalue weighted by Gasteiger charge is -2.58. The Morgan fingerprint density at radius 3 is 2.36 bits per heavy atom. The van der Waals surface area contributed by atoms with Gasteiger partial charge >= 0.3 is 5.97 Å². The number of fused-ring (bicyclic) bond motifs is 2. The van der Waals surface area contributed by atoms with Gasteiger partial charge in [0.2, 0.25) is 5.91 Å². The van der Waals surface area contributed by atoms with E-state index in [1.165, 1.54) is 17.6 Å². The first-order valence-corrected chi connectivity index (χ1v) is 11.2. The van der Waals surface area contributed by atoms with Crippen molar-refractivity contribution in [1.82, 2.24) is 14.7 Å². The number of ether oxygens (including phenoxy) is 1. The van der Waals surface area contributed by atoms with Crippen LogP contribution in [0.15, 0.2) is 54.6 Å². The number of carbonyl (C=O) groups excluding carboxylic acids is 3. The van der Waals surface area contributed by atoms with Crippen LogP contribution < -0.4 is 0 Å². The summed E-state index contributed by atoms with van der Waals surface area (Å²) >= 11 is 0. The summed E-state index contributed by atoms with van der Waals surface area (Å²) in [7, 11) is 1.32. The third-order valence-electron chi connectivity index (χ3n) is 6.96. The highest BCUT2D eigenvalue weighted by Gasteiger charge is 2.64. The number of methoxy groups -OCH3 is 1. The summed E-state index contributed by atoms with van der Waals surface area (Å²) in [4.78, 5) is 44.1. The minimum absolute atomic E-state index is 0.139. The second-order valence-corrected chi connectivity index (χ2v) is 9.14. The molecule has 5 rings (SSSR count). The zero-order chi connectivity index (χ0) is 23.2. The highest BCUT2D eigenvalue weighted by atomic mass is 16.5. The molecule has 3 saturated heterocycles. The van der Waals surface area contributed by atoms with Gasteiger partial charge in [-0.2, -0.15) is 0 Å². The van der Waals surface area contributed by atoms with Gasteiger partial charge in [0.15, 0.2) is 0 Å². The number of carbonyl (C=O) groups is 3. The topological polar surface area (TPSA) is 90.4 Å². The van der Waals surface area contributed by atoms with E-state index in [0.717, 1.165) is 12.1 Å². The molecule has 3 fully saturated rings. The molecule has 1 spiro atoms. The Morgan fingerprint density at radius 1 is 1.03 bits per heavy atom. The maximum Gasteiger partial charge on any atom is 0.337 e. The van der Waals surface area contributed by atoms with Crippen molar-refractivity contribution in [2.75, 3.05) is 26.7 Å². The molecule has 2 amide bonds. The van der Waals surface area contributed by atoms with Crippen LogP contribution in [0, 0.1) is 0 Å². The second-order valence-electron chi connectivity index (χ2n) is 9.14. The Kier molecular flexibility index (Phi) is 5.52. The fourth-order valence-corrected chi connectivity index (χ4v) is 5.34. The fraction of sp³-hybridized carbons (Fsp3) is 0.400. The fourth-order valence-electron chi connectivity index (χ4n) is 5.34. The first-order chi connectivity index (χ1) is 15.9. The number of imide groups is 1. The number of aliphatic hydroxyl groups is 1. The summed E-state index contributed by atoms with van der Waals surface area (Å²) in [5.74, 6) is -0.908. The van der Waals surface area contributed by atoms with Crippen LogP contribution in [-0.4, -0.2) is 82.0 Å². The maximum atomic E-state index is 13.7. The molecule has 3 aliphatic heterocycles. The average Bonchev–Trinajstić information content (AvgIpc) is 3.20. The van der Waals surface area contributed by atoms with Gasteiger partial charge in [-0.25, -0.2) is 4.79 Å². The number of hydrogen-bond acceptors (Lipinski definition) is 7. The molecule has 3 heterocycles. The van der Waals surface area contributed by atoms with E-state index in [0.29, 0.717) is 31.6 Å². The van der Waals surface area contributed by atoms with Crippen molar-refractivity contribution in [1.29, 1.82) is 0 Å². The summed E-state index contributed by atoms with van der Waals surface area (Å²) in [6.07, 6.45) is -0.282. The van der Waals surface area contributed by atoms with Gasteiger partial charge in [0.1, 0.15) is 5.54 Å². The zero-order valence-corrected chi connectivity index (χ0v) is 18.5. The van der Waals surface area contributed by atoms with E-state index in [1.54, 1.807) is 24.3 Å². The monoisotopic (exact) mass is 449 g/mol. The van der Waals surface area contributed by atoms with Gasteiger partial charge in [-0.05, 0) is 29.7 Å². The summed E-state index contributed by atoms with van der Waals surface area (Å²) in [6.45, 7) is 2.26. The first kappa shape index (κ1) is 21.8. The number of benzene rings is 2. The van der Waals surface area contributed by atoms with Crippen molar-refractivity contribution in [3.8, 4) is 0 Å². The van der Waals surface area contributed by atoms with Gasteiger partial charge in [-0.1, -0.05) is 42.5 Å². The van der Waals surface area contributed by atoms with Gasteiger partial charge < -0.3 is 9.84 Å². The molecule has 8 nitrogen and oxygen atoms in total. The standard InChI is InChI=1S/C25H27N3O5/c1-33-23(31)19-9-7-18(8-10-19)13-27-22(30)21-11-20(29)14-28(21)25(24(27)32)15-26(16-25)12-17-5-3-2-4-6-17/h2-10,20-21,29H,11-16H2,1H3. The van der Waals surface area contributed by atoms with Gasteiger partial charge in [0.25, 0.3) is 5.91 Å². The number of amides is 2. The zero-order valence-electron chi connectivity index (χ0n) is 18.5. The molecule has 3 aliphatic rings. The number of nitrogens with zero attached hydrogens (tertiary/aromatic N) is 3. The van der Waals surface area contributed by atoms with Crippen molar-refractivity contribution < 1.29 is 24.2 Å². The van der Waals surface area contributed by atoms with Crippen LogP contribution in [0.2, 0.25) is 0 Å². The quantitative estimate of drug-likeness (QED) is 0.539. The molecule has 0 aliphatic carbocycles. The van der Waals surface area contributed by atoms with Gasteiger partial charge in [0, 0.05) is 26.2 Å². The van der Waals surface area contributed by atoms with Crippen LogP contribution in [-0.2, 0) is 27.4 Å². The summed E-state index contributed by atoms with van der Waals surface area (Å²) in [5.41, 5.74) is 1.55. The van der Waals surface area contributed by atoms with E-state index in [1.807, 2.05) is 23.1 Å². The second kappa shape index (κ2) is 8.37. The molecule has 2 unspecified atom stereocenters. The third-order valence-corrected chi connectivity index (χ3v) is 6.96. The summed E-state index contributed by atoms with van der Waals surface area (Å²) < 4.78 is 4.73. The van der Waals surface area contributed by atoms with Gasteiger partial charge in [-0.15, -0.1) is 0 Å². The van der Waals surface area contributed by atoms with Crippen molar-refractivity contribution >= 4 is 17.8 Å². The SMILES string of the molecule is COC(=O)c1ccc(CN2C(=O)C3CC(O)CN3C3(CN(Cc4ccccc4)C3)C2=O)cc1. The number of piperazine rings is 1. The number of β-amino-alcohol motifs (C(OH)–C–C–N with tert-alkyl or cyclic N) is 1. The van der Waals surface area contributed by atoms with Crippen molar-refractivity contribution in [2.45, 2.75) is 37.2 Å². The Morgan fingerprint density at radius 2 is 1.70 bits per heavy atom. The highest BCUT2D eigenvalue weighted by Crippen LogP contribution is 2.41. The van der Waals surface area contributed by atoms with Crippen molar-refractivity contribution in [2.24, 2.45) is 0 Å². The van der Waals surface area contributed by atoms with Crippen LogP contribution in [0.3, 0.4) is 0 Å². The van der Waals surface area contributed by atoms with E-state index in [4.69, 9.17) is 4.74 Å². The molecule has 33 heavy (non-hydrogen) atoms. The number of rotatable bonds is 5. The molecule has 0 radical (unpaired) electrons. The van der Waals surface area contributed by atoms with Crippen LogP contribution in [0.5, 0.6) is 0 Å². The van der Waals surface area contributed by atoms with E-state index in [-0.39, 0.29) is 18.4 Å². The lowest BCUT2D eigenvalue weighted by atomic mass is 9.82. The lowest BCUT2D eigenvalue weighted by molar-refractivity contribution is -0.181. The van der Waals surface area contributed by atoms with E-state index < -0.39 is 23.7 Å². The minimum Gasteiger partial charge on any atom is -0.465 e. The van der Waals surface area contributed by atoms with E-state index >= 15 is 0 Å². The summed E-state index contributed by atoms with van der Waals surface area (Å²) in [6, 6.07) is 16.3. The lowest BCUT2D eigenvalue weighted by Crippen LogP contribution is -2.81. The molecular weight excluding hydrogens is 422 g/mol. The molecular formula is C25H27N3O5. The van der Waals surface area contributed by atoms with Gasteiger partial charge in [0.05, 0.1) is 31.4 Å². The normalized spacial score (nSPS) is 24.6. The highest BCUT2D eigenvalue weighted by molar-refractivity contribution is 6.06. The number of likely N-dealkylation sites (tertiary alicyclic amines) is 1. The Bertz CT molecular complexity index is 1070.